The molecule has 0 radical (unpaired) electrons. The summed E-state index contributed by atoms with van der Waals surface area (Å²) in [5.41, 5.74) is 2.91. The average Bonchev–Trinajstić information content (AvgIpc) is 3.02. The molecular weight excluding hydrogens is 302 g/mol. The van der Waals surface area contributed by atoms with E-state index < -0.39 is 0 Å². The zero-order valence-electron chi connectivity index (χ0n) is 14.2. The van der Waals surface area contributed by atoms with Gasteiger partial charge < -0.3 is 15.5 Å². The van der Waals surface area contributed by atoms with Crippen molar-refractivity contribution in [3.8, 4) is 0 Å². The topological polar surface area (TPSA) is 61.4 Å². The molecule has 2 aliphatic heterocycles. The number of nitrogens with one attached hydrogen (secondary N) is 2. The minimum atomic E-state index is -0.0709. The third-order valence-electron chi connectivity index (χ3n) is 5.87. The predicted octanol–water partition coefficient (Wildman–Crippen LogP) is 2.45. The van der Waals surface area contributed by atoms with Gasteiger partial charge in [-0.25, -0.2) is 0 Å². The van der Waals surface area contributed by atoms with E-state index in [1.807, 2.05) is 25.2 Å². The Bertz CT molecular complexity index is 659. The van der Waals surface area contributed by atoms with Gasteiger partial charge in [0.05, 0.1) is 6.04 Å². The zero-order valence-corrected chi connectivity index (χ0v) is 14.2. The van der Waals surface area contributed by atoms with Crippen LogP contribution in [0.1, 0.15) is 44.1 Å². The number of amides is 2. The molecule has 2 heterocycles. The highest BCUT2D eigenvalue weighted by Gasteiger charge is 2.38. The molecule has 1 aliphatic carbocycles. The molecule has 5 heteroatoms. The van der Waals surface area contributed by atoms with Gasteiger partial charge in [0.25, 0.3) is 0 Å². The highest BCUT2D eigenvalue weighted by Crippen LogP contribution is 2.34. The van der Waals surface area contributed by atoms with Gasteiger partial charge in [0, 0.05) is 30.9 Å². The molecule has 1 aromatic carbocycles. The summed E-state index contributed by atoms with van der Waals surface area (Å²) in [7, 11) is 1.81. The van der Waals surface area contributed by atoms with Crippen molar-refractivity contribution in [3.63, 3.8) is 0 Å². The summed E-state index contributed by atoms with van der Waals surface area (Å²) in [4.78, 5) is 26.1. The third kappa shape index (κ3) is 2.81. The maximum atomic E-state index is 12.6. The molecule has 1 aromatic rings. The van der Waals surface area contributed by atoms with Gasteiger partial charge in [0.1, 0.15) is 0 Å². The molecule has 2 fully saturated rings. The minimum absolute atomic E-state index is 0.0709. The number of nitrogens with zero attached hydrogens (tertiary/aromatic N) is 1. The first-order valence-electron chi connectivity index (χ1n) is 9.08. The number of aryl methyl sites for hydroxylation is 1. The maximum Gasteiger partial charge on any atom is 0.241 e. The lowest BCUT2D eigenvalue weighted by Gasteiger charge is -2.26. The fraction of sp³-hybridized carbons (Fsp3) is 0.579. The van der Waals surface area contributed by atoms with Gasteiger partial charge in [-0.2, -0.15) is 0 Å². The molecular formula is C19H25N3O2. The van der Waals surface area contributed by atoms with E-state index in [0.29, 0.717) is 18.4 Å². The van der Waals surface area contributed by atoms with Crippen LogP contribution in [0.3, 0.4) is 0 Å². The van der Waals surface area contributed by atoms with Crippen LogP contribution in [0.2, 0.25) is 0 Å². The molecule has 1 saturated heterocycles. The van der Waals surface area contributed by atoms with Gasteiger partial charge in [-0.15, -0.1) is 0 Å². The number of benzene rings is 1. The van der Waals surface area contributed by atoms with Crippen LogP contribution in [-0.2, 0) is 16.0 Å². The first-order chi connectivity index (χ1) is 11.6. The average molecular weight is 327 g/mol. The zero-order chi connectivity index (χ0) is 16.7. The largest absolute Gasteiger partial charge is 0.325 e. The van der Waals surface area contributed by atoms with Gasteiger partial charge in [-0.05, 0) is 55.4 Å². The quantitative estimate of drug-likeness (QED) is 0.877. The number of carbonyl (C=O) groups excluding carboxylic acids is 2. The van der Waals surface area contributed by atoms with Gasteiger partial charge >= 0.3 is 0 Å². The summed E-state index contributed by atoms with van der Waals surface area (Å²) in [5, 5.41) is 6.59. The van der Waals surface area contributed by atoms with Crippen molar-refractivity contribution >= 4 is 23.2 Å². The molecule has 2 amide bonds. The Morgan fingerprint density at radius 1 is 1.25 bits per heavy atom. The van der Waals surface area contributed by atoms with Crippen molar-refractivity contribution in [1.82, 2.24) is 5.32 Å². The minimum Gasteiger partial charge on any atom is -0.325 e. The first kappa shape index (κ1) is 15.6. The van der Waals surface area contributed by atoms with Crippen LogP contribution >= 0.6 is 0 Å². The summed E-state index contributed by atoms with van der Waals surface area (Å²) < 4.78 is 0. The fourth-order valence-corrected chi connectivity index (χ4v) is 4.48. The monoisotopic (exact) mass is 327 g/mol. The second-order valence-corrected chi connectivity index (χ2v) is 7.39. The lowest BCUT2D eigenvalue weighted by atomic mass is 9.85. The van der Waals surface area contributed by atoms with Crippen molar-refractivity contribution in [2.75, 3.05) is 17.3 Å². The van der Waals surface area contributed by atoms with Gasteiger partial charge in [-0.3, -0.25) is 9.59 Å². The van der Waals surface area contributed by atoms with Crippen molar-refractivity contribution in [3.05, 3.63) is 23.8 Å². The SMILES string of the molecule is CN1C(=O)CCc2cc(NC(=O)[C@@H]3C[C@@H]4CCCC[C@@H]4N3)ccc21. The van der Waals surface area contributed by atoms with E-state index in [4.69, 9.17) is 0 Å². The second kappa shape index (κ2) is 6.20. The molecule has 3 aliphatic rings. The Morgan fingerprint density at radius 3 is 2.92 bits per heavy atom. The molecule has 128 valence electrons. The van der Waals surface area contributed by atoms with Crippen molar-refractivity contribution in [2.45, 2.75) is 57.0 Å². The van der Waals surface area contributed by atoms with Gasteiger partial charge in [0.15, 0.2) is 0 Å². The molecule has 0 unspecified atom stereocenters. The van der Waals surface area contributed by atoms with E-state index in [-0.39, 0.29) is 17.9 Å². The van der Waals surface area contributed by atoms with Gasteiger partial charge in [-0.1, -0.05) is 12.8 Å². The summed E-state index contributed by atoms with van der Waals surface area (Å²) in [6.45, 7) is 0. The Kier molecular flexibility index (Phi) is 4.04. The molecule has 0 spiro atoms. The molecule has 24 heavy (non-hydrogen) atoms. The number of hydrogen-bond donors (Lipinski definition) is 2. The van der Waals surface area contributed by atoms with E-state index in [1.54, 1.807) is 4.90 Å². The Hall–Kier alpha value is -1.88. The van der Waals surface area contributed by atoms with Gasteiger partial charge in [0.2, 0.25) is 11.8 Å². The molecule has 4 rings (SSSR count). The maximum absolute atomic E-state index is 12.6. The van der Waals surface area contributed by atoms with Crippen molar-refractivity contribution in [2.24, 2.45) is 5.92 Å². The molecule has 0 aromatic heterocycles. The normalized spacial score (nSPS) is 29.1. The lowest BCUT2D eigenvalue weighted by molar-refractivity contribution is -0.119. The highest BCUT2D eigenvalue weighted by molar-refractivity contribution is 5.98. The molecule has 0 bridgehead atoms. The molecule has 3 atom stereocenters. The lowest BCUT2D eigenvalue weighted by Crippen LogP contribution is -2.40. The number of carbonyl (C=O) groups is 2. The number of fused-ring (bicyclic) bond motifs is 2. The molecule has 2 N–H and O–H groups in total. The van der Waals surface area contributed by atoms with Crippen molar-refractivity contribution in [1.29, 1.82) is 0 Å². The van der Waals surface area contributed by atoms with E-state index in [1.165, 1.54) is 25.7 Å². The predicted molar refractivity (Wildman–Crippen MR) is 94.1 cm³/mol. The fourth-order valence-electron chi connectivity index (χ4n) is 4.48. The molecule has 1 saturated carbocycles. The van der Waals surface area contributed by atoms with E-state index in [0.717, 1.165) is 29.8 Å². The van der Waals surface area contributed by atoms with Crippen LogP contribution in [0.5, 0.6) is 0 Å². The Balaban J connectivity index is 1.44. The standard InChI is InChI=1S/C19H25N3O2/c1-22-17-8-7-14(10-13(17)6-9-18(22)23)20-19(24)16-11-12-4-2-3-5-15(12)21-16/h7-8,10,12,15-16,21H,2-6,9,11H2,1H3,(H,20,24)/t12-,15-,16-/m0/s1. The Morgan fingerprint density at radius 2 is 2.08 bits per heavy atom. The van der Waals surface area contributed by atoms with E-state index in [9.17, 15) is 9.59 Å². The first-order valence-corrected chi connectivity index (χ1v) is 9.08. The number of rotatable bonds is 2. The van der Waals surface area contributed by atoms with Crippen LogP contribution < -0.4 is 15.5 Å². The van der Waals surface area contributed by atoms with Crippen LogP contribution in [-0.4, -0.2) is 30.9 Å². The van der Waals surface area contributed by atoms with Crippen LogP contribution in [0.4, 0.5) is 11.4 Å². The second-order valence-electron chi connectivity index (χ2n) is 7.39. The number of hydrogen-bond acceptors (Lipinski definition) is 3. The van der Waals surface area contributed by atoms with Crippen molar-refractivity contribution < 1.29 is 9.59 Å². The smallest absolute Gasteiger partial charge is 0.241 e. The number of anilines is 2. The summed E-state index contributed by atoms with van der Waals surface area (Å²) in [5.74, 6) is 0.888. The third-order valence-corrected chi connectivity index (χ3v) is 5.87. The summed E-state index contributed by atoms with van der Waals surface area (Å²) >= 11 is 0. The Labute approximate surface area is 142 Å². The van der Waals surface area contributed by atoms with E-state index in [2.05, 4.69) is 10.6 Å². The van der Waals surface area contributed by atoms with Crippen LogP contribution in [0.15, 0.2) is 18.2 Å². The summed E-state index contributed by atoms with van der Waals surface area (Å²) in [6, 6.07) is 6.30. The molecule has 5 nitrogen and oxygen atoms in total. The van der Waals surface area contributed by atoms with Crippen LogP contribution in [0.25, 0.3) is 0 Å². The summed E-state index contributed by atoms with van der Waals surface area (Å²) in [6.07, 6.45) is 7.27. The van der Waals surface area contributed by atoms with Crippen LogP contribution in [0, 0.1) is 5.92 Å². The van der Waals surface area contributed by atoms with E-state index >= 15 is 0 Å². The highest BCUT2D eigenvalue weighted by atomic mass is 16.2.